The maximum Gasteiger partial charge on any atom is 0.115 e. The lowest BCUT2D eigenvalue weighted by Gasteiger charge is -2.19. The molecule has 6 heteroatoms. The summed E-state index contributed by atoms with van der Waals surface area (Å²) < 4.78 is 23.3. The summed E-state index contributed by atoms with van der Waals surface area (Å²) in [6, 6.07) is 0. The Bertz CT molecular complexity index is 264. The van der Waals surface area contributed by atoms with E-state index < -0.39 is 0 Å². The van der Waals surface area contributed by atoms with E-state index in [1.807, 2.05) is 0 Å². The van der Waals surface area contributed by atoms with Crippen LogP contribution in [-0.2, 0) is 18.9 Å². The van der Waals surface area contributed by atoms with E-state index in [0.29, 0.717) is 51.4 Å². The molecule has 2 rings (SSSR count). The lowest BCUT2D eigenvalue weighted by molar-refractivity contribution is -0.0588. The molecule has 0 saturated carbocycles. The highest BCUT2D eigenvalue weighted by molar-refractivity contribution is 4.96. The second-order valence-corrected chi connectivity index (χ2v) is 6.02. The van der Waals surface area contributed by atoms with Crippen molar-refractivity contribution in [3.05, 3.63) is 0 Å². The Hall–Kier alpha value is -0.240. The van der Waals surface area contributed by atoms with Crippen LogP contribution in [0.4, 0.5) is 0 Å². The molecule has 0 aromatic heterocycles. The largest absolute Gasteiger partial charge is 0.373 e. The molecule has 0 bridgehead atoms. The number of hydrogen-bond acceptors (Lipinski definition) is 6. The van der Waals surface area contributed by atoms with Gasteiger partial charge in [0.1, 0.15) is 24.4 Å². The highest BCUT2D eigenvalue weighted by atomic mass is 16.6. The van der Waals surface area contributed by atoms with E-state index in [4.69, 9.17) is 30.4 Å². The highest BCUT2D eigenvalue weighted by Gasteiger charge is 2.48. The van der Waals surface area contributed by atoms with Crippen LogP contribution in [0.1, 0.15) is 13.8 Å². The van der Waals surface area contributed by atoms with Gasteiger partial charge in [0, 0.05) is 0 Å². The van der Waals surface area contributed by atoms with E-state index >= 15 is 0 Å². The van der Waals surface area contributed by atoms with Crippen molar-refractivity contribution in [1.82, 2.24) is 0 Å². The van der Waals surface area contributed by atoms with Crippen molar-refractivity contribution in [2.24, 2.45) is 23.3 Å². The van der Waals surface area contributed by atoms with Gasteiger partial charge in [-0.2, -0.15) is 0 Å². The predicted octanol–water partition coefficient (Wildman–Crippen LogP) is -0.256. The van der Waals surface area contributed by atoms with Crippen LogP contribution in [0, 0.1) is 11.8 Å². The standard InChI is InChI=1S/C14H28N2O4/c1-9(3-15)5-17-11-7-19-14-12(8-20-13(11)14)18-6-10(2)4-16/h9-14H,3-8,15-16H2,1-2H3/t9?,10?,11-,12+,13?,14?. The van der Waals surface area contributed by atoms with Crippen molar-refractivity contribution in [3.8, 4) is 0 Å². The topological polar surface area (TPSA) is 89.0 Å². The summed E-state index contributed by atoms with van der Waals surface area (Å²) in [5.41, 5.74) is 11.2. The van der Waals surface area contributed by atoms with Crippen molar-refractivity contribution >= 4 is 0 Å². The molecule has 0 radical (unpaired) electrons. The summed E-state index contributed by atoms with van der Waals surface area (Å²) in [5.74, 6) is 0.709. The minimum Gasteiger partial charge on any atom is -0.373 e. The molecular weight excluding hydrogens is 260 g/mol. The first-order valence-electron chi connectivity index (χ1n) is 7.52. The van der Waals surface area contributed by atoms with Gasteiger partial charge in [0.05, 0.1) is 26.4 Å². The molecule has 2 aliphatic heterocycles. The number of hydrogen-bond donors (Lipinski definition) is 2. The number of rotatable bonds is 8. The van der Waals surface area contributed by atoms with Crippen LogP contribution in [-0.4, -0.2) is 63.9 Å². The van der Waals surface area contributed by atoms with Gasteiger partial charge >= 0.3 is 0 Å². The summed E-state index contributed by atoms with van der Waals surface area (Å²) in [5, 5.41) is 0. The van der Waals surface area contributed by atoms with Crippen LogP contribution in [0.3, 0.4) is 0 Å². The molecule has 0 amide bonds. The van der Waals surface area contributed by atoms with Crippen LogP contribution < -0.4 is 11.5 Å². The van der Waals surface area contributed by atoms with E-state index in [0.717, 1.165) is 0 Å². The van der Waals surface area contributed by atoms with Gasteiger partial charge in [-0.1, -0.05) is 13.8 Å². The smallest absolute Gasteiger partial charge is 0.115 e. The van der Waals surface area contributed by atoms with Crippen LogP contribution in [0.5, 0.6) is 0 Å². The summed E-state index contributed by atoms with van der Waals surface area (Å²) in [7, 11) is 0. The Balaban J connectivity index is 1.76. The molecule has 6 atom stereocenters. The zero-order valence-corrected chi connectivity index (χ0v) is 12.5. The molecule has 2 fully saturated rings. The SMILES string of the molecule is CC(CN)CO[C@H]1COC2C1OC[C@H]2OCC(C)CN. The van der Waals surface area contributed by atoms with Crippen LogP contribution >= 0.6 is 0 Å². The lowest BCUT2D eigenvalue weighted by atomic mass is 10.1. The molecular formula is C14H28N2O4. The van der Waals surface area contributed by atoms with Gasteiger partial charge in [0.2, 0.25) is 0 Å². The molecule has 118 valence electrons. The monoisotopic (exact) mass is 288 g/mol. The molecule has 0 aliphatic carbocycles. The van der Waals surface area contributed by atoms with Gasteiger partial charge < -0.3 is 30.4 Å². The first-order valence-corrected chi connectivity index (χ1v) is 7.52. The Morgan fingerprint density at radius 2 is 1.30 bits per heavy atom. The van der Waals surface area contributed by atoms with Gasteiger partial charge in [-0.3, -0.25) is 0 Å². The molecule has 6 nitrogen and oxygen atoms in total. The van der Waals surface area contributed by atoms with E-state index in [1.165, 1.54) is 0 Å². The fourth-order valence-corrected chi connectivity index (χ4v) is 2.43. The molecule has 0 spiro atoms. The van der Waals surface area contributed by atoms with Crippen LogP contribution in [0.2, 0.25) is 0 Å². The predicted molar refractivity (Wildman–Crippen MR) is 75.4 cm³/mol. The third kappa shape index (κ3) is 3.90. The van der Waals surface area contributed by atoms with Crippen LogP contribution in [0.15, 0.2) is 0 Å². The first kappa shape index (κ1) is 16.1. The second-order valence-electron chi connectivity index (χ2n) is 6.02. The summed E-state index contributed by atoms with van der Waals surface area (Å²) >= 11 is 0. The van der Waals surface area contributed by atoms with Crippen molar-refractivity contribution in [1.29, 1.82) is 0 Å². The Morgan fingerprint density at radius 1 is 0.900 bits per heavy atom. The number of ether oxygens (including phenoxy) is 4. The summed E-state index contributed by atoms with van der Waals surface area (Å²) in [6.45, 7) is 7.83. The quantitative estimate of drug-likeness (QED) is 0.640. The fourth-order valence-electron chi connectivity index (χ4n) is 2.43. The van der Waals surface area contributed by atoms with E-state index in [-0.39, 0.29) is 24.4 Å². The zero-order chi connectivity index (χ0) is 14.5. The van der Waals surface area contributed by atoms with Crippen LogP contribution in [0.25, 0.3) is 0 Å². The molecule has 2 saturated heterocycles. The summed E-state index contributed by atoms with van der Waals surface area (Å²) in [6.07, 6.45) is -0.0413. The Labute approximate surface area is 121 Å². The van der Waals surface area contributed by atoms with E-state index in [1.54, 1.807) is 0 Å². The third-order valence-corrected chi connectivity index (χ3v) is 3.96. The average Bonchev–Trinajstić information content (AvgIpc) is 3.04. The first-order chi connectivity index (χ1) is 9.65. The number of nitrogens with two attached hydrogens (primary N) is 2. The fraction of sp³-hybridized carbons (Fsp3) is 1.00. The molecule has 4 unspecified atom stereocenters. The minimum atomic E-state index is -0.0156. The number of fused-ring (bicyclic) bond motifs is 1. The maximum absolute atomic E-state index is 5.86. The third-order valence-electron chi connectivity index (χ3n) is 3.96. The van der Waals surface area contributed by atoms with Crippen molar-refractivity contribution in [3.63, 3.8) is 0 Å². The Kier molecular flexibility index (Phi) is 6.20. The van der Waals surface area contributed by atoms with Gasteiger partial charge in [0.25, 0.3) is 0 Å². The van der Waals surface area contributed by atoms with Gasteiger partial charge in [-0.15, -0.1) is 0 Å². The molecule has 2 aliphatic rings. The van der Waals surface area contributed by atoms with Gasteiger partial charge in [-0.25, -0.2) is 0 Å². The molecule has 0 aromatic carbocycles. The molecule has 0 aromatic rings. The molecule has 2 heterocycles. The zero-order valence-electron chi connectivity index (χ0n) is 12.5. The summed E-state index contributed by atoms with van der Waals surface area (Å²) in [4.78, 5) is 0. The van der Waals surface area contributed by atoms with Crippen molar-refractivity contribution in [2.75, 3.05) is 39.5 Å². The molecule has 4 N–H and O–H groups in total. The van der Waals surface area contributed by atoms with E-state index in [9.17, 15) is 0 Å². The van der Waals surface area contributed by atoms with E-state index in [2.05, 4.69) is 13.8 Å². The van der Waals surface area contributed by atoms with Gasteiger partial charge in [-0.05, 0) is 24.9 Å². The second kappa shape index (κ2) is 7.68. The van der Waals surface area contributed by atoms with Crippen molar-refractivity contribution < 1.29 is 18.9 Å². The Morgan fingerprint density at radius 3 is 1.65 bits per heavy atom. The normalized spacial score (nSPS) is 36.0. The van der Waals surface area contributed by atoms with Gasteiger partial charge in [0.15, 0.2) is 0 Å². The molecule has 20 heavy (non-hydrogen) atoms. The average molecular weight is 288 g/mol. The van der Waals surface area contributed by atoms with Crippen molar-refractivity contribution in [2.45, 2.75) is 38.3 Å². The highest BCUT2D eigenvalue weighted by Crippen LogP contribution is 2.30. The minimum absolute atomic E-state index is 0.00506. The maximum atomic E-state index is 5.86. The lowest BCUT2D eigenvalue weighted by Crippen LogP contribution is -2.36.